The summed E-state index contributed by atoms with van der Waals surface area (Å²) in [5, 5.41) is 11.1. The lowest BCUT2D eigenvalue weighted by atomic mass is 10.1. The highest BCUT2D eigenvalue weighted by molar-refractivity contribution is 8.07. The molecule has 228 valence electrons. The lowest BCUT2D eigenvalue weighted by Crippen LogP contribution is -2.40. The van der Waals surface area contributed by atoms with Crippen molar-refractivity contribution in [2.24, 2.45) is 7.05 Å². The number of aryl methyl sites for hydroxylation is 1. The van der Waals surface area contributed by atoms with Crippen LogP contribution in [-0.4, -0.2) is 98.1 Å². The first kappa shape index (κ1) is 28.1. The summed E-state index contributed by atoms with van der Waals surface area (Å²) >= 11 is 5.23. The predicted molar refractivity (Wildman–Crippen MR) is 143 cm³/mol. The van der Waals surface area contributed by atoms with Gasteiger partial charge in [0.2, 0.25) is 0 Å². The number of imidazole rings is 2. The Morgan fingerprint density at radius 2 is 1.77 bits per heavy atom. The van der Waals surface area contributed by atoms with E-state index in [4.69, 9.17) is 40.8 Å². The largest absolute Gasteiger partial charge is 0.508 e. The van der Waals surface area contributed by atoms with Gasteiger partial charge in [-0.05, 0) is 11.8 Å². The highest BCUT2D eigenvalue weighted by Gasteiger charge is 2.54. The zero-order valence-corrected chi connectivity index (χ0v) is 23.7. The molecule has 6 heterocycles. The first-order valence-corrected chi connectivity index (χ1v) is 15.4. The van der Waals surface area contributed by atoms with Gasteiger partial charge in [0.1, 0.15) is 36.8 Å². The van der Waals surface area contributed by atoms with Crippen molar-refractivity contribution in [3.63, 3.8) is 0 Å². The number of alkyl halides is 1. The first-order valence-electron chi connectivity index (χ1n) is 12.8. The fourth-order valence-electron chi connectivity index (χ4n) is 5.59. The van der Waals surface area contributed by atoms with E-state index in [9.17, 15) is 19.6 Å². The van der Waals surface area contributed by atoms with E-state index in [-0.39, 0.29) is 34.6 Å². The summed E-state index contributed by atoms with van der Waals surface area (Å²) in [6.45, 7) is -4.86. The van der Waals surface area contributed by atoms with Gasteiger partial charge in [-0.1, -0.05) is 0 Å². The summed E-state index contributed by atoms with van der Waals surface area (Å²) in [7, 11) is 1.51. The van der Waals surface area contributed by atoms with Crippen LogP contribution in [0.3, 0.4) is 0 Å². The van der Waals surface area contributed by atoms with Gasteiger partial charge >= 0.3 is 12.9 Å². The summed E-state index contributed by atoms with van der Waals surface area (Å²) in [5.74, 6) is 0.0686. The molecule has 0 aromatic carbocycles. The summed E-state index contributed by atoms with van der Waals surface area (Å²) in [6, 6.07) is -0.870. The molecule has 21 heteroatoms. The Morgan fingerprint density at radius 1 is 1.02 bits per heavy atom. The zero-order chi connectivity index (χ0) is 30.2. The lowest BCUT2D eigenvalue weighted by molar-refractivity contribution is -0.0845. The average molecular weight is 640 g/mol. The fraction of sp³-hybridized carbons (Fsp3) is 0.500. The third kappa shape index (κ3) is 4.65. The van der Waals surface area contributed by atoms with E-state index in [1.165, 1.54) is 46.1 Å². The molecular formula is C22H23FN9O9PS. The lowest BCUT2D eigenvalue weighted by Gasteiger charge is -2.29. The number of rotatable bonds is 2. The van der Waals surface area contributed by atoms with Crippen LogP contribution in [0.4, 0.5) is 15.0 Å². The number of carbonyl (C=O) groups excluding carboxylic acids is 1. The Labute approximate surface area is 244 Å². The molecule has 3 aliphatic rings. The quantitative estimate of drug-likeness (QED) is 0.188. The van der Waals surface area contributed by atoms with E-state index in [0.29, 0.717) is 0 Å². The Morgan fingerprint density at radius 3 is 2.58 bits per heavy atom. The average Bonchev–Trinajstić information content (AvgIpc) is 3.72. The molecule has 2 bridgehead atoms. The molecule has 2 aliphatic heterocycles. The number of nitrogens with two attached hydrogens (primary N) is 1. The minimum absolute atomic E-state index is 0.0482. The number of fused-ring (bicyclic) bond motifs is 5. The van der Waals surface area contributed by atoms with Gasteiger partial charge in [0.15, 0.2) is 41.1 Å². The number of carbonyl (C=O) groups is 1. The van der Waals surface area contributed by atoms with Gasteiger partial charge in [0.05, 0.1) is 31.1 Å². The molecule has 9 atom stereocenters. The third-order valence-electron chi connectivity index (χ3n) is 7.62. The second kappa shape index (κ2) is 10.2. The number of aliphatic hydroxyl groups is 1. The minimum Gasteiger partial charge on any atom is -0.431 e. The van der Waals surface area contributed by atoms with Gasteiger partial charge in [0, 0.05) is 13.5 Å². The van der Waals surface area contributed by atoms with Gasteiger partial charge in [0.25, 0.3) is 5.56 Å². The molecule has 1 unspecified atom stereocenters. The van der Waals surface area contributed by atoms with Crippen LogP contribution in [0.2, 0.25) is 0 Å². The minimum atomic E-state index is -4.28. The molecule has 0 amide bonds. The second-order valence-electron chi connectivity index (χ2n) is 10.2. The van der Waals surface area contributed by atoms with Crippen molar-refractivity contribution in [3.8, 4) is 0 Å². The number of nitrogen functional groups attached to an aromatic ring is 1. The molecule has 4 aromatic heterocycles. The van der Waals surface area contributed by atoms with E-state index < -0.39 is 74.0 Å². The number of nitrogens with zero attached hydrogens (tertiary/aromatic N) is 8. The van der Waals surface area contributed by atoms with Gasteiger partial charge in [-0.2, -0.15) is 0 Å². The molecular weight excluding hydrogens is 616 g/mol. The smallest absolute Gasteiger partial charge is 0.431 e. The highest BCUT2D eigenvalue weighted by Crippen LogP contribution is 2.53. The number of anilines is 1. The van der Waals surface area contributed by atoms with Crippen molar-refractivity contribution in [2.75, 3.05) is 12.3 Å². The van der Waals surface area contributed by atoms with Crippen LogP contribution in [0.1, 0.15) is 18.7 Å². The highest BCUT2D eigenvalue weighted by atomic mass is 32.5. The van der Waals surface area contributed by atoms with Crippen LogP contribution in [0.5, 0.6) is 0 Å². The molecule has 4 N–H and O–H groups in total. The van der Waals surface area contributed by atoms with Gasteiger partial charge in [-0.25, -0.2) is 34.1 Å². The standard InChI is InChI=1S/C22H23FN9O9PS/c1-30-5-29-19-13(20(30)34)28-6-31(19)8-2-9-14(33)15(8)39-22(35)37-3-10-16(41-42(36,43)40-9)11(23)21(38-10)32-7-27-12-17(24)25-4-26-18(12)32/h4-11,14-16,21,33H,2-3H2,1H3,(H,36,43)(H2,24,25,26)/t8-,9+,10-,11-,14-,15+,16-,21-,42?/m1/s1. The fourth-order valence-corrected chi connectivity index (χ4v) is 7.38. The van der Waals surface area contributed by atoms with E-state index in [1.807, 2.05) is 0 Å². The number of cyclic esters (lactones) is 1. The molecule has 43 heavy (non-hydrogen) atoms. The maximum Gasteiger partial charge on any atom is 0.508 e. The Bertz CT molecular complexity index is 1850. The third-order valence-corrected chi connectivity index (χ3v) is 9.18. The van der Waals surface area contributed by atoms with Crippen LogP contribution < -0.4 is 11.3 Å². The van der Waals surface area contributed by atoms with Crippen LogP contribution >= 0.6 is 6.72 Å². The summed E-state index contributed by atoms with van der Waals surface area (Å²) in [5.41, 5.74) is 6.02. The van der Waals surface area contributed by atoms with E-state index in [1.54, 1.807) is 0 Å². The van der Waals surface area contributed by atoms with Crippen LogP contribution in [0.15, 0.2) is 30.1 Å². The Hall–Kier alpha value is -3.65. The van der Waals surface area contributed by atoms with Gasteiger partial charge in [-0.3, -0.25) is 13.9 Å². The van der Waals surface area contributed by atoms with Gasteiger partial charge < -0.3 is 43.6 Å². The van der Waals surface area contributed by atoms with Crippen molar-refractivity contribution in [2.45, 2.75) is 55.4 Å². The molecule has 3 fully saturated rings. The molecule has 7 rings (SSSR count). The van der Waals surface area contributed by atoms with Crippen molar-refractivity contribution in [3.05, 3.63) is 35.7 Å². The van der Waals surface area contributed by atoms with Crippen molar-refractivity contribution in [1.82, 2.24) is 38.6 Å². The second-order valence-corrected chi connectivity index (χ2v) is 12.9. The Balaban J connectivity index is 1.19. The number of halogens is 1. The summed E-state index contributed by atoms with van der Waals surface area (Å²) < 4.78 is 47.8. The normalized spacial score (nSPS) is 34.8. The molecule has 1 aliphatic carbocycles. The Kier molecular flexibility index (Phi) is 6.69. The monoisotopic (exact) mass is 639 g/mol. The molecule has 1 saturated carbocycles. The molecule has 4 aromatic rings. The molecule has 2 saturated heterocycles. The van der Waals surface area contributed by atoms with E-state index in [0.717, 1.165) is 0 Å². The zero-order valence-electron chi connectivity index (χ0n) is 22.0. The van der Waals surface area contributed by atoms with Crippen LogP contribution in [0.25, 0.3) is 22.3 Å². The molecule has 0 spiro atoms. The molecule has 18 nitrogen and oxygen atoms in total. The van der Waals surface area contributed by atoms with Crippen LogP contribution in [-0.2, 0) is 42.1 Å². The van der Waals surface area contributed by atoms with E-state index >= 15 is 4.39 Å². The SMILES string of the molecule is Cn1cnc2c(ncn2[C@@H]2C[C@@H]3OP(O)(=S)O[C@H]4[C@@H](F)[C@H](n5cnc6c(N)ncnc65)O[C@@H]4COC(=O)O[C@@H]2[C@@H]3O)c1=O. The van der Waals surface area contributed by atoms with Gasteiger partial charge in [-0.15, -0.1) is 0 Å². The van der Waals surface area contributed by atoms with Crippen molar-refractivity contribution in [1.29, 1.82) is 0 Å². The van der Waals surface area contributed by atoms with Crippen LogP contribution in [0, 0.1) is 0 Å². The summed E-state index contributed by atoms with van der Waals surface area (Å²) in [6.07, 6.45) is -6.57. The number of hydrogen-bond acceptors (Lipinski definition) is 15. The number of aromatic nitrogens is 8. The maximum absolute atomic E-state index is 16.0. The van der Waals surface area contributed by atoms with E-state index in [2.05, 4.69) is 24.9 Å². The number of hydrogen-bond donors (Lipinski definition) is 3. The first-order chi connectivity index (χ1) is 20.5. The number of ether oxygens (including phenoxy) is 3. The van der Waals surface area contributed by atoms with Crippen molar-refractivity contribution >= 4 is 52.8 Å². The molecule has 0 radical (unpaired) electrons. The number of aliphatic hydroxyl groups excluding tert-OH is 1. The maximum atomic E-state index is 16.0. The van der Waals surface area contributed by atoms with Crippen molar-refractivity contribution < 1.29 is 42.4 Å². The summed E-state index contributed by atoms with van der Waals surface area (Å²) in [4.78, 5) is 56.9. The topological polar surface area (TPSA) is 226 Å². The predicted octanol–water partition coefficient (Wildman–Crippen LogP) is -0.384.